The zero-order valence-corrected chi connectivity index (χ0v) is 33.8. The molecule has 2 aromatic carbocycles. The molecular weight excluding hydrogens is 790 g/mol. The van der Waals surface area contributed by atoms with Crippen LogP contribution in [0, 0.1) is 6.92 Å². The maximum absolute atomic E-state index is 15.1. The minimum absolute atomic E-state index is 0.0219. The molecule has 1 aromatic heterocycles. The standard InChI is InChI=1S/C42H47NO17/c1-16-10-19-12-26(46)42(58-7)37(51)28-22(36(50)41(42,54)30(19)32(48)27(16)39(52)57-6)13-23-29(31(28)47)24(45)14-25(40(23,53)15-21-9-8-20(60-21)11-17(2)44)43-38-35(56-5)33(49)34(55-4)18(3)59-38/h8-10,13-14,17-18,26,33-35,38,43-44,46-49,53-54H,11-12,15H2,1-7H3/t17?,18-,26+,33+,34-,35+,38-,40?,41-,42+/m0/s1. The average molecular weight is 838 g/mol. The molecule has 3 aromatic rings. The number of aliphatic hydroxyl groups excluding tert-OH is 3. The predicted molar refractivity (Wildman–Crippen MR) is 203 cm³/mol. The lowest BCUT2D eigenvalue weighted by molar-refractivity contribution is -0.237. The summed E-state index contributed by atoms with van der Waals surface area (Å²) in [7, 11) is 4.64. The highest BCUT2D eigenvalue weighted by atomic mass is 16.6. The Morgan fingerprint density at radius 2 is 1.63 bits per heavy atom. The van der Waals surface area contributed by atoms with Gasteiger partial charge in [0.05, 0.1) is 42.2 Å². The molecule has 3 aliphatic carbocycles. The molecule has 7 rings (SSSR count). The molecular formula is C42H47NO17. The minimum atomic E-state index is -3.30. The number of hydrogen-bond acceptors (Lipinski definition) is 18. The Morgan fingerprint density at radius 1 is 0.967 bits per heavy atom. The lowest BCUT2D eigenvalue weighted by Gasteiger charge is -2.53. The highest BCUT2D eigenvalue weighted by Crippen LogP contribution is 2.57. The number of nitrogens with one attached hydrogen (secondary N) is 1. The van der Waals surface area contributed by atoms with E-state index in [0.717, 1.165) is 26.4 Å². The summed E-state index contributed by atoms with van der Waals surface area (Å²) in [5.41, 5.74) is -12.6. The second-order valence-corrected chi connectivity index (χ2v) is 15.7. The van der Waals surface area contributed by atoms with Gasteiger partial charge in [0.2, 0.25) is 11.6 Å². The molecule has 10 atom stereocenters. The molecule has 0 saturated carbocycles. The summed E-state index contributed by atoms with van der Waals surface area (Å²) in [6, 6.07) is 5.33. The molecule has 0 bridgehead atoms. The van der Waals surface area contributed by atoms with Gasteiger partial charge in [-0.1, -0.05) is 6.07 Å². The Morgan fingerprint density at radius 3 is 2.25 bits per heavy atom. The first-order valence-corrected chi connectivity index (χ1v) is 19.1. The van der Waals surface area contributed by atoms with Gasteiger partial charge in [-0.2, -0.15) is 0 Å². The fraction of sp³-hybridized carbons (Fsp3) is 0.476. The van der Waals surface area contributed by atoms with Crippen LogP contribution in [0.5, 0.6) is 11.5 Å². The number of ketones is 3. The number of rotatable bonds is 10. The molecule has 4 aliphatic rings. The van der Waals surface area contributed by atoms with E-state index in [1.54, 1.807) is 19.9 Å². The van der Waals surface area contributed by atoms with Gasteiger partial charge in [-0.15, -0.1) is 0 Å². The number of phenolic OH excluding ortho intramolecular Hbond substituents is 2. The van der Waals surface area contributed by atoms with Crippen molar-refractivity contribution in [3.05, 3.63) is 92.1 Å². The largest absolute Gasteiger partial charge is 0.507 e. The van der Waals surface area contributed by atoms with Crippen molar-refractivity contribution in [2.45, 2.75) is 99.7 Å². The van der Waals surface area contributed by atoms with Crippen LogP contribution >= 0.6 is 0 Å². The number of carbonyl (C=O) groups is 4. The van der Waals surface area contributed by atoms with Crippen molar-refractivity contribution in [2.24, 2.45) is 0 Å². The number of methoxy groups -OCH3 is 4. The summed E-state index contributed by atoms with van der Waals surface area (Å²) in [5.74, 6) is -6.39. The Bertz CT molecular complexity index is 2330. The monoisotopic (exact) mass is 837 g/mol. The second kappa shape index (κ2) is 15.2. The maximum atomic E-state index is 15.1. The number of hydrogen-bond donors (Lipinski definition) is 8. The Kier molecular flexibility index (Phi) is 10.9. The van der Waals surface area contributed by atoms with Crippen LogP contribution in [0.25, 0.3) is 0 Å². The second-order valence-electron chi connectivity index (χ2n) is 15.7. The van der Waals surface area contributed by atoms with Crippen LogP contribution in [0.15, 0.2) is 40.5 Å². The maximum Gasteiger partial charge on any atom is 0.341 e. The molecule has 322 valence electrons. The quantitative estimate of drug-likeness (QED) is 0.129. The number of aryl methyl sites for hydroxylation is 1. The number of furan rings is 1. The van der Waals surface area contributed by atoms with Crippen LogP contribution in [0.3, 0.4) is 0 Å². The normalized spacial score (nSPS) is 31.4. The van der Waals surface area contributed by atoms with E-state index >= 15 is 4.79 Å². The van der Waals surface area contributed by atoms with Crippen molar-refractivity contribution in [1.29, 1.82) is 0 Å². The molecule has 1 aliphatic heterocycles. The smallest absolute Gasteiger partial charge is 0.341 e. The molecule has 18 nitrogen and oxygen atoms in total. The summed E-state index contributed by atoms with van der Waals surface area (Å²) >= 11 is 0. The number of Topliss-reactive ketones (excluding diaryl/α,β-unsaturated/α-hetero) is 2. The van der Waals surface area contributed by atoms with Crippen LogP contribution in [-0.2, 0) is 54.1 Å². The summed E-state index contributed by atoms with van der Waals surface area (Å²) in [4.78, 5) is 57.1. The Balaban J connectivity index is 1.46. The van der Waals surface area contributed by atoms with Crippen LogP contribution in [0.2, 0.25) is 0 Å². The molecule has 8 N–H and O–H groups in total. The first-order chi connectivity index (χ1) is 28.3. The topological polar surface area (TPSA) is 281 Å². The van der Waals surface area contributed by atoms with Gasteiger partial charge in [0.1, 0.15) is 52.5 Å². The average Bonchev–Trinajstić information content (AvgIpc) is 3.61. The van der Waals surface area contributed by atoms with Gasteiger partial charge < -0.3 is 69.2 Å². The molecule has 60 heavy (non-hydrogen) atoms. The Hall–Kier alpha value is -5.02. The highest BCUT2D eigenvalue weighted by molar-refractivity contribution is 6.26. The number of ether oxygens (including phenoxy) is 5. The number of allylic oxidation sites excluding steroid dienone is 1. The van der Waals surface area contributed by atoms with Gasteiger partial charge >= 0.3 is 5.97 Å². The van der Waals surface area contributed by atoms with Crippen LogP contribution < -0.4 is 5.32 Å². The van der Waals surface area contributed by atoms with Crippen LogP contribution in [0.4, 0.5) is 0 Å². The third-order valence-electron chi connectivity index (χ3n) is 12.2. The van der Waals surface area contributed by atoms with Gasteiger partial charge in [-0.3, -0.25) is 14.4 Å². The third kappa shape index (κ3) is 5.96. The van der Waals surface area contributed by atoms with Gasteiger partial charge in [-0.05, 0) is 50.1 Å². The van der Waals surface area contributed by atoms with E-state index in [1.807, 2.05) is 0 Å². The van der Waals surface area contributed by atoms with E-state index in [-0.39, 0.29) is 29.0 Å². The number of phenols is 2. The van der Waals surface area contributed by atoms with Crippen LogP contribution in [-0.4, -0.2) is 136 Å². The molecule has 2 unspecified atom stereocenters. The summed E-state index contributed by atoms with van der Waals surface area (Å²) in [6.07, 6.45) is -8.04. The number of fused-ring (bicyclic) bond motifs is 5. The molecule has 0 radical (unpaired) electrons. The zero-order valence-electron chi connectivity index (χ0n) is 33.8. The lowest BCUT2D eigenvalue weighted by Crippen LogP contribution is -2.73. The first kappa shape index (κ1) is 43.1. The van der Waals surface area contributed by atoms with Crippen molar-refractivity contribution in [3.63, 3.8) is 0 Å². The highest BCUT2D eigenvalue weighted by Gasteiger charge is 2.73. The van der Waals surface area contributed by atoms with Crippen molar-refractivity contribution in [3.8, 4) is 11.5 Å². The lowest BCUT2D eigenvalue weighted by atomic mass is 9.56. The molecule has 0 spiro atoms. The third-order valence-corrected chi connectivity index (χ3v) is 12.2. The summed E-state index contributed by atoms with van der Waals surface area (Å²) < 4.78 is 33.5. The van der Waals surface area contributed by atoms with E-state index in [1.165, 1.54) is 33.3 Å². The van der Waals surface area contributed by atoms with Gasteiger partial charge in [0, 0.05) is 63.4 Å². The van der Waals surface area contributed by atoms with Gasteiger partial charge in [-0.25, -0.2) is 4.79 Å². The number of aromatic hydroxyl groups is 2. The van der Waals surface area contributed by atoms with E-state index in [2.05, 4.69) is 5.32 Å². The first-order valence-electron chi connectivity index (χ1n) is 19.1. The molecule has 1 saturated heterocycles. The predicted octanol–water partition coefficient (Wildman–Crippen LogP) is 0.514. The van der Waals surface area contributed by atoms with E-state index in [0.29, 0.717) is 5.76 Å². The van der Waals surface area contributed by atoms with Crippen molar-refractivity contribution in [2.75, 3.05) is 28.4 Å². The summed E-state index contributed by atoms with van der Waals surface area (Å²) in [5, 5.41) is 85.3. The fourth-order valence-corrected chi connectivity index (χ4v) is 9.46. The Labute approximate surface area is 342 Å². The van der Waals surface area contributed by atoms with E-state index < -0.39 is 141 Å². The van der Waals surface area contributed by atoms with E-state index in [9.17, 15) is 50.1 Å². The van der Waals surface area contributed by atoms with Crippen molar-refractivity contribution >= 4 is 23.3 Å². The molecule has 18 heteroatoms. The van der Waals surface area contributed by atoms with Gasteiger partial charge in [0.15, 0.2) is 23.2 Å². The van der Waals surface area contributed by atoms with Crippen molar-refractivity contribution in [1.82, 2.24) is 5.32 Å². The van der Waals surface area contributed by atoms with Gasteiger partial charge in [0.25, 0.3) is 0 Å². The van der Waals surface area contributed by atoms with E-state index in [4.69, 9.17) is 28.1 Å². The minimum Gasteiger partial charge on any atom is -0.507 e. The molecule has 0 amide bonds. The van der Waals surface area contributed by atoms with Crippen LogP contribution in [0.1, 0.15) is 89.1 Å². The number of carbonyl (C=O) groups excluding carboxylic acids is 4. The number of benzene rings is 2. The molecule has 2 heterocycles. The fourth-order valence-electron chi connectivity index (χ4n) is 9.46. The number of aliphatic hydroxyl groups is 5. The van der Waals surface area contributed by atoms with Crippen molar-refractivity contribution < 1.29 is 83.0 Å². The summed E-state index contributed by atoms with van der Waals surface area (Å²) in [6.45, 7) is 4.61. The molecule has 1 fully saturated rings. The number of esters is 1. The SMILES string of the molecule is COC(=O)c1c(C)cc2c(c1O)[C@]1(O)C(=O)c3cc4c(c(O)c3C(=O)[C@]1(OC)[C@H](O)C2)C(=O)C=C(N[C@H]1O[C@@H](C)[C@H](OC)[C@@H](O)[C@H]1OC)C4(O)Cc1ccc(CC(C)O)o1. The zero-order chi connectivity index (χ0) is 44.0.